The van der Waals surface area contributed by atoms with E-state index in [2.05, 4.69) is 28.1 Å². The number of benzene rings is 1. The Balaban J connectivity index is 1.27. The van der Waals surface area contributed by atoms with Crippen molar-refractivity contribution >= 4 is 34.1 Å². The van der Waals surface area contributed by atoms with Gasteiger partial charge in [0.2, 0.25) is 5.91 Å². The Morgan fingerprint density at radius 1 is 1.21 bits per heavy atom. The molecule has 3 aliphatic heterocycles. The van der Waals surface area contributed by atoms with Gasteiger partial charge < -0.3 is 24.8 Å². The van der Waals surface area contributed by atoms with E-state index in [1.807, 2.05) is 31.4 Å². The number of ether oxygens (including phenoxy) is 1. The predicted molar refractivity (Wildman–Crippen MR) is 151 cm³/mol. The highest BCUT2D eigenvalue weighted by atomic mass is 32.1. The Morgan fingerprint density at radius 2 is 1.92 bits per heavy atom. The minimum atomic E-state index is -0.771. The lowest BCUT2D eigenvalue weighted by molar-refractivity contribution is -0.138. The van der Waals surface area contributed by atoms with E-state index >= 15 is 0 Å². The van der Waals surface area contributed by atoms with Gasteiger partial charge in [-0.1, -0.05) is 31.9 Å². The third kappa shape index (κ3) is 5.71. The Kier molecular flexibility index (Phi) is 8.03. The van der Waals surface area contributed by atoms with E-state index < -0.39 is 18.2 Å². The number of nitrogens with zero attached hydrogens (tertiary/aromatic N) is 4. The molecule has 4 atom stereocenters. The SMILES string of the molecule is C#C[C@@H]1CN(C(=O)[C@H](CC(C)C)NC(=O)c2ccc(-c3csc(N4CCN(C)CC4)n3)cc2)C2C(=O)COC21. The molecule has 3 fully saturated rings. The van der Waals surface area contributed by atoms with Crippen molar-refractivity contribution in [1.29, 1.82) is 0 Å². The molecular weight excluding hydrogens is 514 g/mol. The molecule has 39 heavy (non-hydrogen) atoms. The molecule has 10 heteroatoms. The van der Waals surface area contributed by atoms with Crippen molar-refractivity contribution < 1.29 is 19.1 Å². The fourth-order valence-corrected chi connectivity index (χ4v) is 6.38. The van der Waals surface area contributed by atoms with Crippen molar-refractivity contribution in [2.75, 3.05) is 51.3 Å². The number of piperazine rings is 1. The maximum atomic E-state index is 13.6. The summed E-state index contributed by atoms with van der Waals surface area (Å²) in [6, 6.07) is 5.82. The average molecular weight is 550 g/mol. The molecule has 0 bridgehead atoms. The maximum Gasteiger partial charge on any atom is 0.251 e. The van der Waals surface area contributed by atoms with Crippen LogP contribution in [0, 0.1) is 24.2 Å². The van der Waals surface area contributed by atoms with Gasteiger partial charge >= 0.3 is 0 Å². The van der Waals surface area contributed by atoms with E-state index in [1.54, 1.807) is 23.5 Å². The highest BCUT2D eigenvalue weighted by Crippen LogP contribution is 2.32. The molecule has 1 aromatic carbocycles. The van der Waals surface area contributed by atoms with Crippen molar-refractivity contribution in [3.63, 3.8) is 0 Å². The number of carbonyl (C=O) groups is 3. The zero-order chi connectivity index (χ0) is 27.7. The summed E-state index contributed by atoms with van der Waals surface area (Å²) in [6.45, 7) is 8.16. The maximum absolute atomic E-state index is 13.6. The summed E-state index contributed by atoms with van der Waals surface area (Å²) in [5.41, 5.74) is 2.26. The second kappa shape index (κ2) is 11.5. The minimum absolute atomic E-state index is 0.0410. The number of likely N-dealkylation sites (tertiary alicyclic amines) is 1. The van der Waals surface area contributed by atoms with E-state index in [9.17, 15) is 14.4 Å². The molecular formula is C29H35N5O4S. The van der Waals surface area contributed by atoms with Gasteiger partial charge in [-0.15, -0.1) is 17.8 Å². The first-order valence-electron chi connectivity index (χ1n) is 13.5. The van der Waals surface area contributed by atoms with Crippen LogP contribution in [0.15, 0.2) is 29.6 Å². The molecule has 2 amide bonds. The molecule has 0 aliphatic carbocycles. The van der Waals surface area contributed by atoms with E-state index in [4.69, 9.17) is 16.1 Å². The number of thiazole rings is 1. The molecule has 0 radical (unpaired) electrons. The highest BCUT2D eigenvalue weighted by Gasteiger charge is 2.52. The summed E-state index contributed by atoms with van der Waals surface area (Å²) in [6.07, 6.45) is 5.62. The monoisotopic (exact) mass is 549 g/mol. The number of likely N-dealkylation sites (N-methyl/N-ethyl adjacent to an activating group) is 1. The molecule has 1 aromatic heterocycles. The summed E-state index contributed by atoms with van der Waals surface area (Å²) in [4.78, 5) is 50.3. The second-order valence-corrected chi connectivity index (χ2v) is 11.8. The van der Waals surface area contributed by atoms with Crippen molar-refractivity contribution in [2.24, 2.45) is 11.8 Å². The molecule has 1 N–H and O–H groups in total. The quantitative estimate of drug-likeness (QED) is 0.529. The summed E-state index contributed by atoms with van der Waals surface area (Å²) >= 11 is 1.63. The van der Waals surface area contributed by atoms with E-state index in [0.717, 1.165) is 42.6 Å². The van der Waals surface area contributed by atoms with Crippen LogP contribution in [0.1, 0.15) is 30.6 Å². The van der Waals surface area contributed by atoms with Crippen LogP contribution in [0.25, 0.3) is 11.3 Å². The van der Waals surface area contributed by atoms with Gasteiger partial charge in [0.25, 0.3) is 5.91 Å². The van der Waals surface area contributed by atoms with Crippen LogP contribution < -0.4 is 10.2 Å². The fraction of sp³-hybridized carbons (Fsp3) is 0.517. The number of rotatable bonds is 7. The van der Waals surface area contributed by atoms with Crippen molar-refractivity contribution in [2.45, 2.75) is 38.5 Å². The van der Waals surface area contributed by atoms with Crippen LogP contribution in [0.4, 0.5) is 5.13 Å². The zero-order valence-corrected chi connectivity index (χ0v) is 23.4. The summed E-state index contributed by atoms with van der Waals surface area (Å²) in [5, 5.41) is 5.97. The van der Waals surface area contributed by atoms with Gasteiger partial charge in [0.05, 0.1) is 11.6 Å². The van der Waals surface area contributed by atoms with Gasteiger partial charge in [0.1, 0.15) is 24.8 Å². The number of hydrogen-bond donors (Lipinski definition) is 1. The van der Waals surface area contributed by atoms with Crippen LogP contribution in [0.3, 0.4) is 0 Å². The lowest BCUT2D eigenvalue weighted by Crippen LogP contribution is -2.52. The number of hydrogen-bond acceptors (Lipinski definition) is 8. The van der Waals surface area contributed by atoms with Crippen LogP contribution in [-0.4, -0.2) is 96.9 Å². The molecule has 0 saturated carbocycles. The molecule has 206 valence electrons. The Labute approximate surface area is 233 Å². The molecule has 2 unspecified atom stereocenters. The van der Waals surface area contributed by atoms with E-state index in [-0.39, 0.29) is 42.6 Å². The number of ketones is 1. The molecule has 3 saturated heterocycles. The fourth-order valence-electron chi connectivity index (χ4n) is 5.50. The van der Waals surface area contributed by atoms with Gasteiger partial charge in [-0.05, 0) is 31.5 Å². The standard InChI is InChI=1S/C29H35N5O4S/c1-5-19-15-34(25-24(35)16-38-26(19)25)28(37)22(14-18(2)3)30-27(36)21-8-6-20(7-9-21)23-17-39-29(31-23)33-12-10-32(4)11-13-33/h1,6-9,17-19,22,25-26H,10-16H2,2-4H3,(H,30,36)/t19-,22+,25?,26?/m1/s1. The summed E-state index contributed by atoms with van der Waals surface area (Å²) < 4.78 is 5.59. The first-order chi connectivity index (χ1) is 18.7. The molecule has 2 aromatic rings. The Hall–Kier alpha value is -3.26. The third-order valence-electron chi connectivity index (χ3n) is 7.70. The Morgan fingerprint density at radius 3 is 2.59 bits per heavy atom. The van der Waals surface area contributed by atoms with E-state index in [0.29, 0.717) is 12.0 Å². The number of fused-ring (bicyclic) bond motifs is 1. The van der Waals surface area contributed by atoms with Gasteiger partial charge in [-0.2, -0.15) is 0 Å². The van der Waals surface area contributed by atoms with Crippen LogP contribution in [-0.2, 0) is 14.3 Å². The summed E-state index contributed by atoms with van der Waals surface area (Å²) in [5.74, 6) is 1.70. The predicted octanol–water partition coefficient (Wildman–Crippen LogP) is 2.13. The van der Waals surface area contributed by atoms with Gasteiger partial charge in [-0.25, -0.2) is 4.98 Å². The number of anilines is 1. The Bertz CT molecular complexity index is 1260. The minimum Gasteiger partial charge on any atom is -0.366 e. The first-order valence-corrected chi connectivity index (χ1v) is 14.3. The number of Topliss-reactive ketones (excluding diaryl/α,β-unsaturated/α-hetero) is 1. The largest absolute Gasteiger partial charge is 0.366 e. The topological polar surface area (TPSA) is 95.1 Å². The molecule has 4 heterocycles. The average Bonchev–Trinajstić information content (AvgIpc) is 3.65. The van der Waals surface area contributed by atoms with Crippen LogP contribution in [0.2, 0.25) is 0 Å². The smallest absolute Gasteiger partial charge is 0.251 e. The van der Waals surface area contributed by atoms with Gasteiger partial charge in [0, 0.05) is 49.2 Å². The van der Waals surface area contributed by atoms with Crippen molar-refractivity contribution in [3.8, 4) is 23.6 Å². The van der Waals surface area contributed by atoms with Crippen molar-refractivity contribution in [3.05, 3.63) is 35.2 Å². The number of nitrogens with one attached hydrogen (secondary N) is 1. The second-order valence-electron chi connectivity index (χ2n) is 11.0. The molecule has 0 spiro atoms. The lowest BCUT2D eigenvalue weighted by atomic mass is 10.0. The van der Waals surface area contributed by atoms with Crippen LogP contribution >= 0.6 is 11.3 Å². The number of carbonyl (C=O) groups excluding carboxylic acids is 3. The normalized spacial score (nSPS) is 24.1. The molecule has 5 rings (SSSR count). The number of aromatic nitrogens is 1. The van der Waals surface area contributed by atoms with Crippen molar-refractivity contribution in [1.82, 2.24) is 20.1 Å². The lowest BCUT2D eigenvalue weighted by Gasteiger charge is -2.32. The number of amides is 2. The van der Waals surface area contributed by atoms with Gasteiger partial charge in [0.15, 0.2) is 10.9 Å². The first kappa shape index (κ1) is 27.3. The van der Waals surface area contributed by atoms with Gasteiger partial charge in [-0.3, -0.25) is 14.4 Å². The summed E-state index contributed by atoms with van der Waals surface area (Å²) in [7, 11) is 2.13. The third-order valence-corrected chi connectivity index (χ3v) is 8.60. The van der Waals surface area contributed by atoms with Crippen LogP contribution in [0.5, 0.6) is 0 Å². The number of terminal acetylenes is 1. The zero-order valence-electron chi connectivity index (χ0n) is 22.6. The van der Waals surface area contributed by atoms with E-state index in [1.165, 1.54) is 4.90 Å². The molecule has 9 nitrogen and oxygen atoms in total. The highest BCUT2D eigenvalue weighted by molar-refractivity contribution is 7.14. The molecule has 3 aliphatic rings.